The Balaban J connectivity index is 1.77. The second-order valence-electron chi connectivity index (χ2n) is 6.31. The maximum absolute atomic E-state index is 12.4. The molecule has 2 aromatic rings. The fraction of sp³-hybridized carbons (Fsp3) is 0.300. The molecule has 0 radical (unpaired) electrons. The molecule has 1 saturated heterocycles. The zero-order chi connectivity index (χ0) is 18.5. The predicted molar refractivity (Wildman–Crippen MR) is 104 cm³/mol. The van der Waals surface area contributed by atoms with Gasteiger partial charge in [0.2, 0.25) is 5.91 Å². The van der Waals surface area contributed by atoms with Gasteiger partial charge in [0.05, 0.1) is 17.1 Å². The summed E-state index contributed by atoms with van der Waals surface area (Å²) in [6.07, 6.45) is 2.62. The van der Waals surface area contributed by atoms with E-state index in [4.69, 9.17) is 5.73 Å². The van der Waals surface area contributed by atoms with Crippen LogP contribution in [-0.4, -0.2) is 29.9 Å². The average Bonchev–Trinajstić information content (AvgIpc) is 3.18. The molecule has 0 atom stereocenters. The molecule has 0 bridgehead atoms. The molecule has 0 aromatic heterocycles. The predicted octanol–water partition coefficient (Wildman–Crippen LogP) is 3.27. The lowest BCUT2D eigenvalue weighted by Gasteiger charge is -2.31. The number of anilines is 3. The molecule has 2 aromatic carbocycles. The highest BCUT2D eigenvalue weighted by atomic mass is 16.2. The third-order valence-electron chi connectivity index (χ3n) is 4.49. The Morgan fingerprint density at radius 1 is 1.08 bits per heavy atom. The lowest BCUT2D eigenvalue weighted by Crippen LogP contribution is -2.45. The number of nitrogens with two attached hydrogens (primary N) is 1. The van der Waals surface area contributed by atoms with Gasteiger partial charge in [0, 0.05) is 25.1 Å². The van der Waals surface area contributed by atoms with Crippen molar-refractivity contribution in [3.8, 4) is 0 Å². The van der Waals surface area contributed by atoms with Crippen molar-refractivity contribution in [2.24, 2.45) is 0 Å². The first kappa shape index (κ1) is 17.9. The zero-order valence-corrected chi connectivity index (χ0v) is 14.9. The summed E-state index contributed by atoms with van der Waals surface area (Å²) in [7, 11) is 0. The Bertz CT molecular complexity index is 783. The van der Waals surface area contributed by atoms with Crippen molar-refractivity contribution in [3.05, 3.63) is 54.1 Å². The molecule has 26 heavy (non-hydrogen) atoms. The van der Waals surface area contributed by atoms with Crippen LogP contribution in [0.4, 0.5) is 17.1 Å². The SMILES string of the molecule is CCC(=O)N(c1ccc(C(=O)Nc2ccccc2N)cc1)N1CCCC1. The van der Waals surface area contributed by atoms with Crippen LogP contribution in [0, 0.1) is 0 Å². The van der Waals surface area contributed by atoms with Crippen molar-refractivity contribution >= 4 is 28.9 Å². The minimum absolute atomic E-state index is 0.0566. The third-order valence-corrected chi connectivity index (χ3v) is 4.49. The highest BCUT2D eigenvalue weighted by molar-refractivity contribution is 6.06. The van der Waals surface area contributed by atoms with Crippen molar-refractivity contribution in [1.82, 2.24) is 5.01 Å². The Kier molecular flexibility index (Phi) is 5.53. The fourth-order valence-electron chi connectivity index (χ4n) is 3.07. The lowest BCUT2D eigenvalue weighted by atomic mass is 10.1. The number of nitrogens with zero attached hydrogens (tertiary/aromatic N) is 2. The molecule has 0 unspecified atom stereocenters. The number of hydrazine groups is 1. The molecule has 6 nitrogen and oxygen atoms in total. The summed E-state index contributed by atoms with van der Waals surface area (Å²) in [5.74, 6) is -0.176. The van der Waals surface area contributed by atoms with E-state index in [9.17, 15) is 9.59 Å². The van der Waals surface area contributed by atoms with E-state index in [1.165, 1.54) is 0 Å². The number of carbonyl (C=O) groups is 2. The summed E-state index contributed by atoms with van der Waals surface area (Å²) in [6.45, 7) is 3.61. The zero-order valence-electron chi connectivity index (χ0n) is 14.9. The summed E-state index contributed by atoms with van der Waals surface area (Å²) in [5.41, 5.74) is 8.27. The number of amides is 2. The minimum Gasteiger partial charge on any atom is -0.397 e. The van der Waals surface area contributed by atoms with Crippen LogP contribution in [0.3, 0.4) is 0 Å². The molecule has 1 aliphatic heterocycles. The molecule has 1 aliphatic rings. The molecule has 6 heteroatoms. The number of para-hydroxylation sites is 2. The fourth-order valence-corrected chi connectivity index (χ4v) is 3.07. The number of benzene rings is 2. The molecular weight excluding hydrogens is 328 g/mol. The van der Waals surface area contributed by atoms with E-state index in [-0.39, 0.29) is 11.8 Å². The summed E-state index contributed by atoms with van der Waals surface area (Å²) in [6, 6.07) is 14.2. The van der Waals surface area contributed by atoms with Crippen molar-refractivity contribution < 1.29 is 9.59 Å². The van der Waals surface area contributed by atoms with Gasteiger partial charge in [-0.25, -0.2) is 10.0 Å². The summed E-state index contributed by atoms with van der Waals surface area (Å²) in [4.78, 5) is 24.8. The molecular formula is C20H24N4O2. The Labute approximate surface area is 153 Å². The van der Waals surface area contributed by atoms with Gasteiger partial charge in [-0.05, 0) is 49.2 Å². The van der Waals surface area contributed by atoms with E-state index in [1.807, 2.05) is 31.2 Å². The van der Waals surface area contributed by atoms with E-state index < -0.39 is 0 Å². The van der Waals surface area contributed by atoms with E-state index >= 15 is 0 Å². The molecule has 3 N–H and O–H groups in total. The Hall–Kier alpha value is -2.86. The van der Waals surface area contributed by atoms with Gasteiger partial charge in [0.25, 0.3) is 5.91 Å². The molecule has 1 heterocycles. The first-order chi connectivity index (χ1) is 12.6. The number of hydrogen-bond donors (Lipinski definition) is 2. The first-order valence-corrected chi connectivity index (χ1v) is 8.94. The number of carbonyl (C=O) groups excluding carboxylic acids is 2. The van der Waals surface area contributed by atoms with E-state index in [1.54, 1.807) is 29.3 Å². The molecule has 3 rings (SSSR count). The monoisotopic (exact) mass is 352 g/mol. The second kappa shape index (κ2) is 8.01. The summed E-state index contributed by atoms with van der Waals surface area (Å²) < 4.78 is 0. The smallest absolute Gasteiger partial charge is 0.255 e. The largest absolute Gasteiger partial charge is 0.397 e. The average molecular weight is 352 g/mol. The van der Waals surface area contributed by atoms with Gasteiger partial charge in [0.15, 0.2) is 0 Å². The van der Waals surface area contributed by atoms with E-state index in [0.717, 1.165) is 31.6 Å². The van der Waals surface area contributed by atoms with Gasteiger partial charge >= 0.3 is 0 Å². The van der Waals surface area contributed by atoms with Crippen molar-refractivity contribution in [1.29, 1.82) is 0 Å². The maximum atomic E-state index is 12.4. The number of rotatable bonds is 5. The van der Waals surface area contributed by atoms with E-state index in [0.29, 0.717) is 23.4 Å². The Morgan fingerprint density at radius 3 is 2.35 bits per heavy atom. The lowest BCUT2D eigenvalue weighted by molar-refractivity contribution is -0.121. The van der Waals surface area contributed by atoms with Crippen LogP contribution < -0.4 is 16.1 Å². The van der Waals surface area contributed by atoms with Crippen LogP contribution in [0.2, 0.25) is 0 Å². The van der Waals surface area contributed by atoms with Crippen LogP contribution in [-0.2, 0) is 4.79 Å². The molecule has 0 aliphatic carbocycles. The molecule has 136 valence electrons. The summed E-state index contributed by atoms with van der Waals surface area (Å²) >= 11 is 0. The molecule has 2 amide bonds. The number of nitrogen functional groups attached to an aromatic ring is 1. The van der Waals surface area contributed by atoms with Gasteiger partial charge in [-0.15, -0.1) is 0 Å². The van der Waals surface area contributed by atoms with Crippen LogP contribution >= 0.6 is 0 Å². The van der Waals surface area contributed by atoms with Crippen LogP contribution in [0.5, 0.6) is 0 Å². The molecule has 1 fully saturated rings. The van der Waals surface area contributed by atoms with Crippen molar-refractivity contribution in [2.45, 2.75) is 26.2 Å². The van der Waals surface area contributed by atoms with Crippen LogP contribution in [0.15, 0.2) is 48.5 Å². The molecule has 0 saturated carbocycles. The third kappa shape index (κ3) is 3.86. The van der Waals surface area contributed by atoms with Gasteiger partial charge in [-0.1, -0.05) is 19.1 Å². The van der Waals surface area contributed by atoms with Gasteiger partial charge in [0.1, 0.15) is 0 Å². The number of nitrogens with one attached hydrogen (secondary N) is 1. The highest BCUT2D eigenvalue weighted by Crippen LogP contribution is 2.23. The van der Waals surface area contributed by atoms with Gasteiger partial charge in [-0.2, -0.15) is 0 Å². The van der Waals surface area contributed by atoms with Crippen LogP contribution in [0.25, 0.3) is 0 Å². The second-order valence-corrected chi connectivity index (χ2v) is 6.31. The van der Waals surface area contributed by atoms with Gasteiger partial charge in [-0.3, -0.25) is 9.59 Å². The van der Waals surface area contributed by atoms with Crippen molar-refractivity contribution in [2.75, 3.05) is 29.1 Å². The van der Waals surface area contributed by atoms with Crippen molar-refractivity contribution in [3.63, 3.8) is 0 Å². The highest BCUT2D eigenvalue weighted by Gasteiger charge is 2.24. The first-order valence-electron chi connectivity index (χ1n) is 8.94. The minimum atomic E-state index is -0.232. The van der Waals surface area contributed by atoms with Gasteiger partial charge < -0.3 is 11.1 Å². The maximum Gasteiger partial charge on any atom is 0.255 e. The molecule has 0 spiro atoms. The topological polar surface area (TPSA) is 78.7 Å². The normalized spacial score (nSPS) is 14.2. The quantitative estimate of drug-likeness (QED) is 0.810. The van der Waals surface area contributed by atoms with Crippen LogP contribution in [0.1, 0.15) is 36.5 Å². The standard InChI is InChI=1S/C20H24N4O2/c1-2-19(25)24(23-13-5-6-14-23)16-11-9-15(10-12-16)20(26)22-18-8-4-3-7-17(18)21/h3-4,7-12H,2,5-6,13-14,21H2,1H3,(H,22,26). The number of hydrogen-bond acceptors (Lipinski definition) is 4. The van der Waals surface area contributed by atoms with E-state index in [2.05, 4.69) is 10.3 Å². The Morgan fingerprint density at radius 2 is 1.73 bits per heavy atom. The summed E-state index contributed by atoms with van der Waals surface area (Å²) in [5, 5.41) is 6.62.